The maximum atomic E-state index is 11.7. The highest BCUT2D eigenvalue weighted by atomic mass is 32.1. The Morgan fingerprint density at radius 1 is 1.64 bits per heavy atom. The molecule has 0 aromatic rings. The minimum atomic E-state index is -0.416. The van der Waals surface area contributed by atoms with E-state index < -0.39 is 6.10 Å². The van der Waals surface area contributed by atoms with Gasteiger partial charge in [0.15, 0.2) is 5.11 Å². The highest BCUT2D eigenvalue weighted by molar-refractivity contribution is 7.80. The summed E-state index contributed by atoms with van der Waals surface area (Å²) in [6.07, 6.45) is 1.19. The van der Waals surface area contributed by atoms with Crippen LogP contribution in [0, 0.1) is 0 Å². The number of hydrogen-bond acceptors (Lipinski definition) is 4. The van der Waals surface area contributed by atoms with Crippen LogP contribution in [0.25, 0.3) is 0 Å². The van der Waals surface area contributed by atoms with Gasteiger partial charge >= 0.3 is 0 Å². The third-order valence-electron chi connectivity index (χ3n) is 2.26. The maximum Gasteiger partial charge on any atom is 0.258 e. The first-order valence-electron chi connectivity index (χ1n) is 4.45. The number of carbonyl (C=O) groups excluding carboxylic acids is 2. The first-order chi connectivity index (χ1) is 6.68. The number of carbonyl (C=O) groups is 2. The molecule has 14 heavy (non-hydrogen) atoms. The van der Waals surface area contributed by atoms with E-state index in [0.29, 0.717) is 13.0 Å². The largest absolute Gasteiger partial charge is 0.368 e. The van der Waals surface area contributed by atoms with E-state index in [1.54, 1.807) is 0 Å². The highest BCUT2D eigenvalue weighted by Gasteiger charge is 2.35. The van der Waals surface area contributed by atoms with Gasteiger partial charge in [-0.1, -0.05) is 0 Å². The topological polar surface area (TPSA) is 58.6 Å². The van der Waals surface area contributed by atoms with Crippen LogP contribution in [-0.4, -0.2) is 41.1 Å². The van der Waals surface area contributed by atoms with Crippen LogP contribution in [0.15, 0.2) is 0 Å². The second-order valence-corrected chi connectivity index (χ2v) is 3.67. The first-order valence-corrected chi connectivity index (χ1v) is 4.86. The average Bonchev–Trinajstić information content (AvgIpc) is 2.73. The highest BCUT2D eigenvalue weighted by Crippen LogP contribution is 2.15. The van der Waals surface area contributed by atoms with Gasteiger partial charge < -0.3 is 10.1 Å². The molecule has 2 fully saturated rings. The molecule has 0 bridgehead atoms. The van der Waals surface area contributed by atoms with E-state index in [4.69, 9.17) is 17.0 Å². The lowest BCUT2D eigenvalue weighted by molar-refractivity contribution is -0.137. The molecule has 0 saturated carbocycles. The Bertz CT molecular complexity index is 299. The van der Waals surface area contributed by atoms with Crippen LogP contribution in [-0.2, 0) is 14.3 Å². The van der Waals surface area contributed by atoms with Gasteiger partial charge in [0, 0.05) is 6.61 Å². The number of thiocarbonyl (C=S) groups is 1. The van der Waals surface area contributed by atoms with Gasteiger partial charge in [0.1, 0.15) is 12.6 Å². The smallest absolute Gasteiger partial charge is 0.258 e. The Morgan fingerprint density at radius 3 is 2.93 bits per heavy atom. The van der Waals surface area contributed by atoms with Gasteiger partial charge in [-0.15, -0.1) is 0 Å². The number of ether oxygens (including phenoxy) is 1. The third kappa shape index (κ3) is 1.62. The van der Waals surface area contributed by atoms with Crippen LogP contribution < -0.4 is 5.32 Å². The van der Waals surface area contributed by atoms with Gasteiger partial charge in [0.2, 0.25) is 5.91 Å². The summed E-state index contributed by atoms with van der Waals surface area (Å²) in [6, 6.07) is 0. The fraction of sp³-hybridized carbons (Fsp3) is 0.625. The second-order valence-electron chi connectivity index (χ2n) is 3.28. The molecule has 2 amide bonds. The molecule has 1 atom stereocenters. The van der Waals surface area contributed by atoms with Crippen molar-refractivity contribution in [3.63, 3.8) is 0 Å². The van der Waals surface area contributed by atoms with Crippen LogP contribution in [0.1, 0.15) is 12.8 Å². The Kier molecular flexibility index (Phi) is 2.47. The van der Waals surface area contributed by atoms with Crippen molar-refractivity contribution in [3.8, 4) is 0 Å². The van der Waals surface area contributed by atoms with Crippen molar-refractivity contribution >= 4 is 29.1 Å². The monoisotopic (exact) mass is 214 g/mol. The van der Waals surface area contributed by atoms with Crippen molar-refractivity contribution in [2.75, 3.05) is 13.2 Å². The predicted molar refractivity (Wildman–Crippen MR) is 51.4 cm³/mol. The quantitative estimate of drug-likeness (QED) is 0.593. The molecule has 1 unspecified atom stereocenters. The zero-order valence-corrected chi connectivity index (χ0v) is 8.30. The molecule has 1 N–H and O–H groups in total. The summed E-state index contributed by atoms with van der Waals surface area (Å²) in [5.41, 5.74) is 0. The van der Waals surface area contributed by atoms with Crippen LogP contribution in [0.5, 0.6) is 0 Å². The average molecular weight is 214 g/mol. The Hall–Kier alpha value is -1.01. The van der Waals surface area contributed by atoms with E-state index in [2.05, 4.69) is 5.32 Å². The van der Waals surface area contributed by atoms with Crippen molar-refractivity contribution in [3.05, 3.63) is 0 Å². The fourth-order valence-electron chi connectivity index (χ4n) is 1.57. The number of hydrogen-bond donors (Lipinski definition) is 1. The van der Waals surface area contributed by atoms with Gasteiger partial charge in [-0.2, -0.15) is 0 Å². The molecule has 2 saturated heterocycles. The minimum absolute atomic E-state index is 0.0253. The number of rotatable bonds is 1. The van der Waals surface area contributed by atoms with Crippen molar-refractivity contribution in [1.82, 2.24) is 10.2 Å². The molecule has 0 aromatic heterocycles. The molecule has 0 aromatic carbocycles. The lowest BCUT2D eigenvalue weighted by Gasteiger charge is -2.17. The zero-order chi connectivity index (χ0) is 10.1. The van der Waals surface area contributed by atoms with Gasteiger partial charge in [0.25, 0.3) is 5.91 Å². The Balaban J connectivity index is 2.03. The summed E-state index contributed by atoms with van der Waals surface area (Å²) in [6.45, 7) is 0.635. The van der Waals surface area contributed by atoms with Gasteiger partial charge in [-0.3, -0.25) is 14.5 Å². The first kappa shape index (κ1) is 9.54. The van der Waals surface area contributed by atoms with Crippen LogP contribution in [0.4, 0.5) is 0 Å². The fourth-order valence-corrected chi connectivity index (χ4v) is 1.83. The summed E-state index contributed by atoms with van der Waals surface area (Å²) in [5.74, 6) is -0.438. The van der Waals surface area contributed by atoms with Crippen molar-refractivity contribution in [2.24, 2.45) is 0 Å². The van der Waals surface area contributed by atoms with Gasteiger partial charge in [-0.25, -0.2) is 0 Å². The van der Waals surface area contributed by atoms with Crippen LogP contribution in [0.3, 0.4) is 0 Å². The standard InChI is InChI=1S/C8H10N2O3S/c11-6-4-10(8(14)9-6)7(12)5-2-1-3-13-5/h5H,1-4H2,(H,9,11,14). The molecule has 2 heterocycles. The summed E-state index contributed by atoms with van der Waals surface area (Å²) in [4.78, 5) is 23.9. The molecule has 5 nitrogen and oxygen atoms in total. The molecule has 76 valence electrons. The molecule has 2 aliphatic rings. The predicted octanol–water partition coefficient (Wildman–Crippen LogP) is -0.591. The summed E-state index contributed by atoms with van der Waals surface area (Å²) in [7, 11) is 0. The molecular weight excluding hydrogens is 204 g/mol. The Morgan fingerprint density at radius 2 is 2.43 bits per heavy atom. The van der Waals surface area contributed by atoms with E-state index in [1.165, 1.54) is 4.90 Å². The Labute approximate surface area is 86.4 Å². The van der Waals surface area contributed by atoms with E-state index in [0.717, 1.165) is 6.42 Å². The molecule has 0 radical (unpaired) electrons. The lowest BCUT2D eigenvalue weighted by atomic mass is 10.2. The van der Waals surface area contributed by atoms with Crippen LogP contribution in [0.2, 0.25) is 0 Å². The molecular formula is C8H10N2O3S. The third-order valence-corrected chi connectivity index (χ3v) is 2.59. The number of nitrogens with one attached hydrogen (secondary N) is 1. The van der Waals surface area contributed by atoms with Crippen LogP contribution >= 0.6 is 12.2 Å². The van der Waals surface area contributed by atoms with Crippen molar-refractivity contribution < 1.29 is 14.3 Å². The summed E-state index contributed by atoms with van der Waals surface area (Å²) < 4.78 is 5.22. The molecule has 2 rings (SSSR count). The van der Waals surface area contributed by atoms with Crippen molar-refractivity contribution in [1.29, 1.82) is 0 Å². The SMILES string of the molecule is O=C1CN(C(=O)C2CCCO2)C(=S)N1. The summed E-state index contributed by atoms with van der Waals surface area (Å²) >= 11 is 4.85. The summed E-state index contributed by atoms with van der Waals surface area (Å²) in [5, 5.41) is 2.60. The van der Waals surface area contributed by atoms with Crippen molar-refractivity contribution in [2.45, 2.75) is 18.9 Å². The van der Waals surface area contributed by atoms with E-state index in [9.17, 15) is 9.59 Å². The molecule has 2 aliphatic heterocycles. The zero-order valence-electron chi connectivity index (χ0n) is 7.49. The second kappa shape index (κ2) is 3.62. The molecule has 0 spiro atoms. The lowest BCUT2D eigenvalue weighted by Crippen LogP contribution is -2.40. The maximum absolute atomic E-state index is 11.7. The molecule has 0 aliphatic carbocycles. The number of nitrogens with zero attached hydrogens (tertiary/aromatic N) is 1. The van der Waals surface area contributed by atoms with E-state index >= 15 is 0 Å². The minimum Gasteiger partial charge on any atom is -0.368 e. The van der Waals surface area contributed by atoms with Gasteiger partial charge in [-0.05, 0) is 25.1 Å². The molecule has 6 heteroatoms. The van der Waals surface area contributed by atoms with Gasteiger partial charge in [0.05, 0.1) is 0 Å². The van der Waals surface area contributed by atoms with E-state index in [-0.39, 0.29) is 23.5 Å². The van der Waals surface area contributed by atoms with E-state index in [1.807, 2.05) is 0 Å². The number of amides is 2. The normalized spacial score (nSPS) is 26.9.